The van der Waals surface area contributed by atoms with Gasteiger partial charge in [-0.2, -0.15) is 4.98 Å². The van der Waals surface area contributed by atoms with Crippen LogP contribution in [-0.2, 0) is 0 Å². The molecule has 0 saturated carbocycles. The number of hydrogen-bond donors (Lipinski definition) is 1. The van der Waals surface area contributed by atoms with Gasteiger partial charge in [-0.3, -0.25) is 4.90 Å². The fourth-order valence-electron chi connectivity index (χ4n) is 3.56. The summed E-state index contributed by atoms with van der Waals surface area (Å²) in [6, 6.07) is 0.388. The Bertz CT molecular complexity index is 544. The number of aryl methyl sites for hydroxylation is 1. The Balaban J connectivity index is 1.86. The Morgan fingerprint density at radius 3 is 2.48 bits per heavy atom. The minimum atomic E-state index is 0.240. The largest absolute Gasteiger partial charge is 0.396 e. The number of likely N-dealkylation sites (N-methyl/N-ethyl adjacent to an activating group) is 1. The SMILES string of the molecule is Cc1nc(N2CCCC2)nc(N2CCN(C)[C@@H](CCO)C2)c1C. The first-order valence-corrected chi connectivity index (χ1v) is 8.76. The van der Waals surface area contributed by atoms with Gasteiger partial charge >= 0.3 is 0 Å². The molecule has 0 aromatic carbocycles. The summed E-state index contributed by atoms with van der Waals surface area (Å²) in [6.45, 7) is 9.49. The van der Waals surface area contributed by atoms with E-state index in [0.29, 0.717) is 6.04 Å². The van der Waals surface area contributed by atoms with Crippen LogP contribution >= 0.6 is 0 Å². The molecule has 0 bridgehead atoms. The van der Waals surface area contributed by atoms with Crippen LogP contribution in [-0.4, -0.2) is 72.4 Å². The van der Waals surface area contributed by atoms with Crippen LogP contribution in [0.15, 0.2) is 0 Å². The molecule has 2 fully saturated rings. The van der Waals surface area contributed by atoms with E-state index in [9.17, 15) is 5.11 Å². The van der Waals surface area contributed by atoms with Gasteiger partial charge in [-0.15, -0.1) is 0 Å². The summed E-state index contributed by atoms with van der Waals surface area (Å²) < 4.78 is 0. The Hall–Kier alpha value is -1.40. The molecule has 0 amide bonds. The smallest absolute Gasteiger partial charge is 0.227 e. The van der Waals surface area contributed by atoms with E-state index in [2.05, 4.69) is 35.6 Å². The van der Waals surface area contributed by atoms with Crippen LogP contribution in [0.1, 0.15) is 30.5 Å². The second-order valence-electron chi connectivity index (χ2n) is 6.84. The van der Waals surface area contributed by atoms with E-state index in [1.807, 2.05) is 0 Å². The third kappa shape index (κ3) is 3.43. The first-order chi connectivity index (χ1) is 11.1. The first kappa shape index (κ1) is 16.5. The lowest BCUT2D eigenvalue weighted by atomic mass is 10.1. The molecular weight excluding hydrogens is 290 g/mol. The Kier molecular flexibility index (Phi) is 5.02. The lowest BCUT2D eigenvalue weighted by Gasteiger charge is -2.40. The van der Waals surface area contributed by atoms with Crippen molar-refractivity contribution in [2.45, 2.75) is 39.2 Å². The van der Waals surface area contributed by atoms with E-state index in [-0.39, 0.29) is 6.61 Å². The maximum Gasteiger partial charge on any atom is 0.227 e. The van der Waals surface area contributed by atoms with E-state index in [1.54, 1.807) is 0 Å². The number of aliphatic hydroxyl groups excluding tert-OH is 1. The van der Waals surface area contributed by atoms with Crippen LogP contribution in [0, 0.1) is 13.8 Å². The predicted octanol–water partition coefficient (Wildman–Crippen LogP) is 1.20. The van der Waals surface area contributed by atoms with E-state index < -0.39 is 0 Å². The Morgan fingerprint density at radius 2 is 1.78 bits per heavy atom. The average Bonchev–Trinajstić information content (AvgIpc) is 3.07. The van der Waals surface area contributed by atoms with Gasteiger partial charge < -0.3 is 14.9 Å². The summed E-state index contributed by atoms with van der Waals surface area (Å²) >= 11 is 0. The van der Waals surface area contributed by atoms with E-state index in [4.69, 9.17) is 9.97 Å². The van der Waals surface area contributed by atoms with Crippen molar-refractivity contribution in [3.8, 4) is 0 Å². The zero-order valence-corrected chi connectivity index (χ0v) is 14.6. The quantitative estimate of drug-likeness (QED) is 0.900. The van der Waals surface area contributed by atoms with Crippen molar-refractivity contribution in [1.82, 2.24) is 14.9 Å². The monoisotopic (exact) mass is 319 g/mol. The summed E-state index contributed by atoms with van der Waals surface area (Å²) in [6.07, 6.45) is 3.28. The van der Waals surface area contributed by atoms with Crippen molar-refractivity contribution >= 4 is 11.8 Å². The second kappa shape index (κ2) is 7.01. The number of anilines is 2. The number of aliphatic hydroxyl groups is 1. The van der Waals surface area contributed by atoms with Crippen molar-refractivity contribution in [3.63, 3.8) is 0 Å². The van der Waals surface area contributed by atoms with Crippen LogP contribution in [0.5, 0.6) is 0 Å². The zero-order chi connectivity index (χ0) is 16.4. The maximum atomic E-state index is 9.30. The number of hydrogen-bond acceptors (Lipinski definition) is 6. The van der Waals surface area contributed by atoms with Crippen LogP contribution in [0.2, 0.25) is 0 Å². The lowest BCUT2D eigenvalue weighted by molar-refractivity contribution is 0.170. The van der Waals surface area contributed by atoms with Gasteiger partial charge in [0.25, 0.3) is 0 Å². The molecule has 0 radical (unpaired) electrons. The summed E-state index contributed by atoms with van der Waals surface area (Å²) in [7, 11) is 2.14. The van der Waals surface area contributed by atoms with Crippen molar-refractivity contribution in [3.05, 3.63) is 11.3 Å². The summed E-state index contributed by atoms with van der Waals surface area (Å²) in [5.74, 6) is 1.97. The predicted molar refractivity (Wildman–Crippen MR) is 93.3 cm³/mol. The molecule has 1 atom stereocenters. The minimum Gasteiger partial charge on any atom is -0.396 e. The molecule has 128 valence electrons. The highest BCUT2D eigenvalue weighted by molar-refractivity contribution is 5.53. The fourth-order valence-corrected chi connectivity index (χ4v) is 3.56. The molecule has 2 saturated heterocycles. The third-order valence-corrected chi connectivity index (χ3v) is 5.28. The van der Waals surface area contributed by atoms with E-state index in [1.165, 1.54) is 18.4 Å². The van der Waals surface area contributed by atoms with Crippen molar-refractivity contribution in [1.29, 1.82) is 0 Å². The molecule has 23 heavy (non-hydrogen) atoms. The van der Waals surface area contributed by atoms with Crippen LogP contribution in [0.25, 0.3) is 0 Å². The maximum absolute atomic E-state index is 9.30. The molecule has 1 aromatic rings. The van der Waals surface area contributed by atoms with Crippen molar-refractivity contribution in [2.75, 3.05) is 56.2 Å². The minimum absolute atomic E-state index is 0.240. The average molecular weight is 319 g/mol. The molecule has 0 aliphatic carbocycles. The molecule has 0 spiro atoms. The summed E-state index contributed by atoms with van der Waals surface area (Å²) in [5.41, 5.74) is 2.26. The van der Waals surface area contributed by atoms with Gasteiger partial charge in [-0.05, 0) is 40.2 Å². The van der Waals surface area contributed by atoms with Gasteiger partial charge in [0.15, 0.2) is 0 Å². The molecular formula is C17H29N5O. The van der Waals surface area contributed by atoms with Gasteiger partial charge in [0.2, 0.25) is 5.95 Å². The normalized spacial score (nSPS) is 22.9. The van der Waals surface area contributed by atoms with Gasteiger partial charge in [-0.25, -0.2) is 4.98 Å². The standard InChI is InChI=1S/C17H29N5O/c1-13-14(2)18-17(21-7-4-5-8-21)19-16(13)22-10-9-20(3)15(12-22)6-11-23/h15,23H,4-12H2,1-3H3/t15-/m0/s1. The molecule has 2 aliphatic rings. The van der Waals surface area contributed by atoms with Gasteiger partial charge in [0, 0.05) is 56.6 Å². The molecule has 3 heterocycles. The zero-order valence-electron chi connectivity index (χ0n) is 14.6. The third-order valence-electron chi connectivity index (χ3n) is 5.28. The number of nitrogens with zero attached hydrogens (tertiary/aromatic N) is 5. The first-order valence-electron chi connectivity index (χ1n) is 8.76. The highest BCUT2D eigenvalue weighted by atomic mass is 16.3. The fraction of sp³-hybridized carbons (Fsp3) is 0.765. The molecule has 3 rings (SSSR count). The van der Waals surface area contributed by atoms with Crippen LogP contribution < -0.4 is 9.80 Å². The van der Waals surface area contributed by atoms with Gasteiger partial charge in [0.05, 0.1) is 0 Å². The number of rotatable bonds is 4. The van der Waals surface area contributed by atoms with Crippen molar-refractivity contribution in [2.24, 2.45) is 0 Å². The highest BCUT2D eigenvalue weighted by Gasteiger charge is 2.27. The Morgan fingerprint density at radius 1 is 1.04 bits per heavy atom. The second-order valence-corrected chi connectivity index (χ2v) is 6.84. The van der Waals surface area contributed by atoms with Gasteiger partial charge in [0.1, 0.15) is 5.82 Å². The molecule has 6 nitrogen and oxygen atoms in total. The molecule has 1 N–H and O–H groups in total. The van der Waals surface area contributed by atoms with E-state index >= 15 is 0 Å². The highest BCUT2D eigenvalue weighted by Crippen LogP contribution is 2.27. The van der Waals surface area contributed by atoms with E-state index in [0.717, 1.165) is 56.6 Å². The van der Waals surface area contributed by atoms with Gasteiger partial charge in [-0.1, -0.05) is 0 Å². The van der Waals surface area contributed by atoms with Crippen LogP contribution in [0.4, 0.5) is 11.8 Å². The van der Waals surface area contributed by atoms with Crippen molar-refractivity contribution < 1.29 is 5.11 Å². The molecule has 1 aromatic heterocycles. The molecule has 6 heteroatoms. The Labute approximate surface area is 139 Å². The number of piperazine rings is 1. The summed E-state index contributed by atoms with van der Waals surface area (Å²) in [5, 5.41) is 9.30. The summed E-state index contributed by atoms with van der Waals surface area (Å²) in [4.78, 5) is 16.7. The molecule has 0 unspecified atom stereocenters. The molecule has 2 aliphatic heterocycles. The number of aromatic nitrogens is 2. The van der Waals surface area contributed by atoms with Crippen LogP contribution in [0.3, 0.4) is 0 Å². The topological polar surface area (TPSA) is 55.7 Å². The lowest BCUT2D eigenvalue weighted by Crippen LogP contribution is -2.52.